The fourth-order valence-corrected chi connectivity index (χ4v) is 1.73. The molecule has 3 heteroatoms. The number of hydrogen-bond acceptors (Lipinski definition) is 3. The zero-order chi connectivity index (χ0) is 13.7. The smallest absolute Gasteiger partial charge is 0.130 e. The Morgan fingerprint density at radius 3 is 2.16 bits per heavy atom. The standard InChI is InChI=1S/C16H10N2O/c17-10-13(11-18)9-12-5-7-14(8-6-12)15-3-1-2-4-16(15)19/h1-9,19H. The van der Waals surface area contributed by atoms with Crippen LogP contribution in [0.1, 0.15) is 5.56 Å². The number of benzene rings is 2. The summed E-state index contributed by atoms with van der Waals surface area (Å²) in [6, 6.07) is 18.0. The van der Waals surface area contributed by atoms with Crippen LogP contribution < -0.4 is 0 Å². The number of phenols is 1. The number of phenolic OH excluding ortho intramolecular Hbond substituents is 1. The Morgan fingerprint density at radius 1 is 0.947 bits per heavy atom. The van der Waals surface area contributed by atoms with Crippen LogP contribution in [-0.2, 0) is 0 Å². The number of nitrogens with zero attached hydrogens (tertiary/aromatic N) is 2. The number of nitriles is 2. The first-order valence-corrected chi connectivity index (χ1v) is 5.65. The van der Waals surface area contributed by atoms with Crippen LogP contribution in [0.4, 0.5) is 0 Å². The molecule has 0 atom stereocenters. The SMILES string of the molecule is N#CC(C#N)=Cc1ccc(-c2ccccc2O)cc1. The molecule has 3 nitrogen and oxygen atoms in total. The molecule has 19 heavy (non-hydrogen) atoms. The number of allylic oxidation sites excluding steroid dienone is 1. The molecule has 0 amide bonds. The van der Waals surface area contributed by atoms with Gasteiger partial charge in [-0.25, -0.2) is 0 Å². The third-order valence-electron chi connectivity index (χ3n) is 2.68. The summed E-state index contributed by atoms with van der Waals surface area (Å²) in [7, 11) is 0. The summed E-state index contributed by atoms with van der Waals surface area (Å²) in [6.07, 6.45) is 1.52. The predicted octanol–water partition coefficient (Wildman–Crippen LogP) is 3.49. The summed E-state index contributed by atoms with van der Waals surface area (Å²) in [6.45, 7) is 0. The quantitative estimate of drug-likeness (QED) is 0.824. The van der Waals surface area contributed by atoms with Crippen molar-refractivity contribution >= 4 is 6.08 Å². The average molecular weight is 246 g/mol. The molecule has 90 valence electrons. The second-order valence-corrected chi connectivity index (χ2v) is 3.92. The largest absolute Gasteiger partial charge is 0.507 e. The molecule has 2 aromatic rings. The summed E-state index contributed by atoms with van der Waals surface area (Å²) in [5.41, 5.74) is 2.47. The van der Waals surface area contributed by atoms with Crippen LogP contribution in [0.25, 0.3) is 17.2 Å². The molecule has 1 N–H and O–H groups in total. The Labute approximate surface area is 111 Å². The number of hydrogen-bond donors (Lipinski definition) is 1. The third-order valence-corrected chi connectivity index (χ3v) is 2.68. The highest BCUT2D eigenvalue weighted by Crippen LogP contribution is 2.28. The highest BCUT2D eigenvalue weighted by molar-refractivity contribution is 5.72. The second kappa shape index (κ2) is 5.53. The predicted molar refractivity (Wildman–Crippen MR) is 72.7 cm³/mol. The van der Waals surface area contributed by atoms with Crippen LogP contribution >= 0.6 is 0 Å². The van der Waals surface area contributed by atoms with Crippen molar-refractivity contribution in [2.75, 3.05) is 0 Å². The zero-order valence-electron chi connectivity index (χ0n) is 10.0. The molecule has 2 rings (SSSR count). The minimum Gasteiger partial charge on any atom is -0.507 e. The van der Waals surface area contributed by atoms with Gasteiger partial charge in [0.1, 0.15) is 23.5 Å². The van der Waals surface area contributed by atoms with E-state index in [1.165, 1.54) is 6.08 Å². The van der Waals surface area contributed by atoms with E-state index in [9.17, 15) is 5.11 Å². The van der Waals surface area contributed by atoms with Crippen molar-refractivity contribution in [1.82, 2.24) is 0 Å². The van der Waals surface area contributed by atoms with Gasteiger partial charge in [-0.3, -0.25) is 0 Å². The summed E-state index contributed by atoms with van der Waals surface area (Å²) in [5.74, 6) is 0.223. The molecule has 0 heterocycles. The van der Waals surface area contributed by atoms with Gasteiger partial charge >= 0.3 is 0 Å². The van der Waals surface area contributed by atoms with Gasteiger partial charge in [0.25, 0.3) is 0 Å². The van der Waals surface area contributed by atoms with E-state index in [4.69, 9.17) is 10.5 Å². The minimum atomic E-state index is 0.0651. The van der Waals surface area contributed by atoms with Gasteiger partial charge in [-0.2, -0.15) is 10.5 Å². The summed E-state index contributed by atoms with van der Waals surface area (Å²) < 4.78 is 0. The van der Waals surface area contributed by atoms with Crippen molar-refractivity contribution in [2.45, 2.75) is 0 Å². The Morgan fingerprint density at radius 2 is 1.58 bits per heavy atom. The minimum absolute atomic E-state index is 0.0651. The third kappa shape index (κ3) is 2.80. The van der Waals surface area contributed by atoms with E-state index >= 15 is 0 Å². The van der Waals surface area contributed by atoms with Crippen molar-refractivity contribution < 1.29 is 5.11 Å². The molecule has 0 aliphatic carbocycles. The first-order chi connectivity index (χ1) is 9.24. The van der Waals surface area contributed by atoms with Gasteiger partial charge in [-0.15, -0.1) is 0 Å². The molecule has 0 spiro atoms. The molecular weight excluding hydrogens is 236 g/mol. The van der Waals surface area contributed by atoms with Gasteiger partial charge in [0.15, 0.2) is 0 Å². The van der Waals surface area contributed by atoms with Crippen LogP contribution in [0.2, 0.25) is 0 Å². The molecule has 0 unspecified atom stereocenters. The first-order valence-electron chi connectivity index (χ1n) is 5.65. The Kier molecular flexibility index (Phi) is 3.61. The number of rotatable bonds is 2. The van der Waals surface area contributed by atoms with Gasteiger partial charge < -0.3 is 5.11 Å². The molecule has 0 fully saturated rings. The Bertz CT molecular complexity index is 685. The fourth-order valence-electron chi connectivity index (χ4n) is 1.73. The van der Waals surface area contributed by atoms with Crippen LogP contribution in [0.15, 0.2) is 54.1 Å². The normalized spacial score (nSPS) is 9.16. The summed E-state index contributed by atoms with van der Waals surface area (Å²) >= 11 is 0. The van der Waals surface area contributed by atoms with Gasteiger partial charge in [0, 0.05) is 5.56 Å². The monoisotopic (exact) mass is 246 g/mol. The molecular formula is C16H10N2O. The van der Waals surface area contributed by atoms with Crippen LogP contribution in [0, 0.1) is 22.7 Å². The lowest BCUT2D eigenvalue weighted by molar-refractivity contribution is 0.477. The van der Waals surface area contributed by atoms with Crippen LogP contribution in [-0.4, -0.2) is 5.11 Å². The van der Waals surface area contributed by atoms with Gasteiger partial charge in [-0.05, 0) is 23.3 Å². The fraction of sp³-hybridized carbons (Fsp3) is 0. The van der Waals surface area contributed by atoms with E-state index in [1.807, 2.05) is 36.4 Å². The van der Waals surface area contributed by atoms with Gasteiger partial charge in [0.2, 0.25) is 0 Å². The van der Waals surface area contributed by atoms with Crippen molar-refractivity contribution in [3.05, 3.63) is 59.7 Å². The topological polar surface area (TPSA) is 67.8 Å². The first kappa shape index (κ1) is 12.4. The van der Waals surface area contributed by atoms with E-state index in [0.29, 0.717) is 0 Å². The molecule has 0 radical (unpaired) electrons. The zero-order valence-corrected chi connectivity index (χ0v) is 10.0. The lowest BCUT2D eigenvalue weighted by atomic mass is 10.0. The van der Waals surface area contributed by atoms with Crippen LogP contribution in [0.3, 0.4) is 0 Å². The van der Waals surface area contributed by atoms with Crippen molar-refractivity contribution in [2.24, 2.45) is 0 Å². The van der Waals surface area contributed by atoms with E-state index in [-0.39, 0.29) is 11.3 Å². The maximum Gasteiger partial charge on any atom is 0.130 e. The van der Waals surface area contributed by atoms with E-state index in [1.54, 1.807) is 24.3 Å². The molecule has 0 aromatic heterocycles. The van der Waals surface area contributed by atoms with Gasteiger partial charge in [-0.1, -0.05) is 42.5 Å². The van der Waals surface area contributed by atoms with Crippen molar-refractivity contribution in [3.8, 4) is 29.0 Å². The summed E-state index contributed by atoms with van der Waals surface area (Å²) in [5, 5.41) is 27.1. The highest BCUT2D eigenvalue weighted by Gasteiger charge is 2.02. The Balaban J connectivity index is 2.36. The van der Waals surface area contributed by atoms with E-state index in [0.717, 1.165) is 16.7 Å². The van der Waals surface area contributed by atoms with E-state index in [2.05, 4.69) is 0 Å². The molecule has 0 aliphatic rings. The molecule has 2 aromatic carbocycles. The van der Waals surface area contributed by atoms with Crippen molar-refractivity contribution in [1.29, 1.82) is 10.5 Å². The Hall–Kier alpha value is -3.04. The maximum atomic E-state index is 9.76. The molecule has 0 saturated heterocycles. The highest BCUT2D eigenvalue weighted by atomic mass is 16.3. The van der Waals surface area contributed by atoms with E-state index < -0.39 is 0 Å². The molecule has 0 bridgehead atoms. The molecule has 0 aliphatic heterocycles. The van der Waals surface area contributed by atoms with Gasteiger partial charge in [0.05, 0.1) is 0 Å². The molecule has 0 saturated carbocycles. The lowest BCUT2D eigenvalue weighted by Crippen LogP contribution is -1.80. The number of aromatic hydroxyl groups is 1. The van der Waals surface area contributed by atoms with Crippen LogP contribution in [0.5, 0.6) is 5.75 Å². The maximum absolute atomic E-state index is 9.76. The second-order valence-electron chi connectivity index (χ2n) is 3.92. The number of para-hydroxylation sites is 1. The van der Waals surface area contributed by atoms with Crippen molar-refractivity contribution in [3.63, 3.8) is 0 Å². The summed E-state index contributed by atoms with van der Waals surface area (Å²) in [4.78, 5) is 0. The average Bonchev–Trinajstić information content (AvgIpc) is 2.46. The lowest BCUT2D eigenvalue weighted by Gasteiger charge is -2.04.